The summed E-state index contributed by atoms with van der Waals surface area (Å²) in [7, 11) is 1.58. The van der Waals surface area contributed by atoms with Crippen molar-refractivity contribution in [3.05, 3.63) is 90.1 Å². The lowest BCUT2D eigenvalue weighted by atomic mass is 9.95. The van der Waals surface area contributed by atoms with Crippen LogP contribution in [0.5, 0.6) is 11.5 Å². The number of carbonyl (C=O) groups is 1. The average Bonchev–Trinajstić information content (AvgIpc) is 3.14. The fourth-order valence-corrected chi connectivity index (χ4v) is 5.20. The lowest BCUT2D eigenvalue weighted by Crippen LogP contribution is -2.39. The second-order valence-electron chi connectivity index (χ2n) is 8.76. The molecular formula is C28H30N2O5S. The molecular weight excluding hydrogens is 476 g/mol. The molecule has 0 unspecified atom stereocenters. The van der Waals surface area contributed by atoms with Gasteiger partial charge in [0.25, 0.3) is 5.56 Å². The van der Waals surface area contributed by atoms with Gasteiger partial charge in [-0.05, 0) is 52.3 Å². The highest BCUT2D eigenvalue weighted by molar-refractivity contribution is 7.07. The fourth-order valence-electron chi connectivity index (χ4n) is 4.17. The summed E-state index contributed by atoms with van der Waals surface area (Å²) in [6, 6.07) is 12.7. The van der Waals surface area contributed by atoms with Crippen LogP contribution in [0.1, 0.15) is 50.4 Å². The Balaban J connectivity index is 1.95. The Morgan fingerprint density at radius 2 is 1.89 bits per heavy atom. The van der Waals surface area contributed by atoms with Crippen molar-refractivity contribution in [2.45, 2.75) is 46.8 Å². The van der Waals surface area contributed by atoms with E-state index in [0.717, 1.165) is 16.7 Å². The molecule has 0 amide bonds. The van der Waals surface area contributed by atoms with Crippen molar-refractivity contribution >= 4 is 23.4 Å². The van der Waals surface area contributed by atoms with E-state index >= 15 is 0 Å². The number of esters is 1. The van der Waals surface area contributed by atoms with Crippen molar-refractivity contribution in [3.63, 3.8) is 0 Å². The zero-order valence-electron chi connectivity index (χ0n) is 21.3. The second kappa shape index (κ2) is 10.5. The van der Waals surface area contributed by atoms with Gasteiger partial charge in [-0.1, -0.05) is 53.3 Å². The molecule has 2 heterocycles. The molecule has 2 aromatic carbocycles. The van der Waals surface area contributed by atoms with E-state index in [1.807, 2.05) is 63.2 Å². The van der Waals surface area contributed by atoms with Gasteiger partial charge in [-0.3, -0.25) is 9.36 Å². The minimum Gasteiger partial charge on any atom is -0.493 e. The van der Waals surface area contributed by atoms with Crippen LogP contribution in [-0.2, 0) is 9.53 Å². The Morgan fingerprint density at radius 1 is 1.17 bits per heavy atom. The second-order valence-corrected chi connectivity index (χ2v) is 9.77. The average molecular weight is 507 g/mol. The lowest BCUT2D eigenvalue weighted by molar-refractivity contribution is -0.139. The molecule has 1 aliphatic rings. The van der Waals surface area contributed by atoms with Crippen LogP contribution in [0, 0.1) is 6.92 Å². The number of methoxy groups -OCH3 is 1. The highest BCUT2D eigenvalue weighted by Gasteiger charge is 2.33. The maximum Gasteiger partial charge on any atom is 0.338 e. The van der Waals surface area contributed by atoms with Crippen LogP contribution in [-0.4, -0.2) is 30.4 Å². The normalized spacial score (nSPS) is 15.5. The molecule has 0 bridgehead atoms. The molecule has 0 spiro atoms. The first-order valence-electron chi connectivity index (χ1n) is 11.8. The van der Waals surface area contributed by atoms with E-state index < -0.39 is 12.0 Å². The van der Waals surface area contributed by atoms with Gasteiger partial charge in [-0.2, -0.15) is 0 Å². The van der Waals surface area contributed by atoms with E-state index in [0.29, 0.717) is 32.1 Å². The Morgan fingerprint density at radius 3 is 2.53 bits per heavy atom. The summed E-state index contributed by atoms with van der Waals surface area (Å²) in [6.45, 7) is 9.63. The van der Waals surface area contributed by atoms with E-state index in [1.165, 1.54) is 11.3 Å². The third-order valence-corrected chi connectivity index (χ3v) is 6.76. The van der Waals surface area contributed by atoms with Crippen molar-refractivity contribution < 1.29 is 19.0 Å². The number of hydrogen-bond donors (Lipinski definition) is 0. The van der Waals surface area contributed by atoms with Crippen molar-refractivity contribution in [1.82, 2.24) is 4.57 Å². The standard InChI is InChI=1S/C28H30N2O5S/c1-7-34-27(32)23-18(5)29-28-30(24(23)19-13-11-17(4)12-14-19)26(31)22(36-28)15-20-9-8-10-21(33-6)25(20)35-16(2)3/h8-16,24H,7H2,1-6H3/b22-15-/t24-/m1/s1. The van der Waals surface area contributed by atoms with Crippen molar-refractivity contribution in [1.29, 1.82) is 0 Å². The van der Waals surface area contributed by atoms with E-state index in [4.69, 9.17) is 14.2 Å². The van der Waals surface area contributed by atoms with E-state index in [-0.39, 0.29) is 18.3 Å². The van der Waals surface area contributed by atoms with Crippen LogP contribution in [0.3, 0.4) is 0 Å². The monoisotopic (exact) mass is 506 g/mol. The van der Waals surface area contributed by atoms with Gasteiger partial charge >= 0.3 is 5.97 Å². The third-order valence-electron chi connectivity index (χ3n) is 5.78. The van der Waals surface area contributed by atoms with Gasteiger partial charge in [0.05, 0.1) is 41.7 Å². The van der Waals surface area contributed by atoms with Gasteiger partial charge in [0.15, 0.2) is 16.3 Å². The third kappa shape index (κ3) is 4.86. The maximum absolute atomic E-state index is 13.8. The minimum atomic E-state index is -0.639. The maximum atomic E-state index is 13.8. The first-order chi connectivity index (χ1) is 17.2. The quantitative estimate of drug-likeness (QED) is 0.454. The predicted octanol–water partition coefficient (Wildman–Crippen LogP) is 3.90. The molecule has 8 heteroatoms. The van der Waals surface area contributed by atoms with Gasteiger partial charge < -0.3 is 14.2 Å². The number of nitrogens with zero attached hydrogens (tertiary/aromatic N) is 2. The molecule has 188 valence electrons. The van der Waals surface area contributed by atoms with E-state index in [1.54, 1.807) is 31.6 Å². The summed E-state index contributed by atoms with van der Waals surface area (Å²) in [6.07, 6.45) is 1.71. The number of rotatable bonds is 7. The number of thiazole rings is 1. The van der Waals surface area contributed by atoms with Crippen LogP contribution < -0.4 is 24.4 Å². The number of hydrogen-bond acceptors (Lipinski definition) is 7. The lowest BCUT2D eigenvalue weighted by Gasteiger charge is -2.24. The van der Waals surface area contributed by atoms with Gasteiger partial charge in [-0.25, -0.2) is 9.79 Å². The molecule has 1 aromatic heterocycles. The summed E-state index contributed by atoms with van der Waals surface area (Å²) in [5, 5.41) is 0. The molecule has 1 atom stereocenters. The molecule has 0 saturated heterocycles. The van der Waals surface area contributed by atoms with Crippen LogP contribution in [0.4, 0.5) is 0 Å². The number of allylic oxidation sites excluding steroid dienone is 1. The zero-order chi connectivity index (χ0) is 26.0. The molecule has 0 radical (unpaired) electrons. The SMILES string of the molecule is CCOC(=O)C1=C(C)N=c2s/c(=C\c3cccc(OC)c3OC(C)C)c(=O)n2[C@@H]1c1ccc(C)cc1. The minimum absolute atomic E-state index is 0.0778. The van der Waals surface area contributed by atoms with Crippen LogP contribution in [0.2, 0.25) is 0 Å². The number of fused-ring (bicyclic) bond motifs is 1. The van der Waals surface area contributed by atoms with Gasteiger partial charge in [0, 0.05) is 5.56 Å². The summed E-state index contributed by atoms with van der Waals surface area (Å²) in [5.41, 5.74) is 3.29. The molecule has 0 saturated carbocycles. The smallest absolute Gasteiger partial charge is 0.338 e. The van der Waals surface area contributed by atoms with Gasteiger partial charge in [0.2, 0.25) is 0 Å². The largest absolute Gasteiger partial charge is 0.493 e. The highest BCUT2D eigenvalue weighted by atomic mass is 32.1. The molecule has 4 rings (SSSR count). The molecule has 0 fully saturated rings. The molecule has 0 N–H and O–H groups in total. The van der Waals surface area contributed by atoms with Crippen molar-refractivity contribution in [2.75, 3.05) is 13.7 Å². The summed E-state index contributed by atoms with van der Waals surface area (Å²) < 4.78 is 18.9. The number of aryl methyl sites for hydroxylation is 1. The number of benzene rings is 2. The Kier molecular flexibility index (Phi) is 7.45. The Labute approximate surface area is 214 Å². The summed E-state index contributed by atoms with van der Waals surface area (Å²) in [4.78, 5) is 32.0. The number of aromatic nitrogens is 1. The Bertz CT molecular complexity index is 1500. The fraction of sp³-hybridized carbons (Fsp3) is 0.321. The van der Waals surface area contributed by atoms with E-state index in [2.05, 4.69) is 4.99 Å². The molecule has 36 heavy (non-hydrogen) atoms. The number of carbonyl (C=O) groups excluding carboxylic acids is 1. The molecule has 0 aliphatic carbocycles. The zero-order valence-corrected chi connectivity index (χ0v) is 22.1. The van der Waals surface area contributed by atoms with Gasteiger partial charge in [0.1, 0.15) is 0 Å². The molecule has 7 nitrogen and oxygen atoms in total. The van der Waals surface area contributed by atoms with Crippen LogP contribution in [0.25, 0.3) is 6.08 Å². The number of ether oxygens (including phenoxy) is 3. The number of para-hydroxylation sites is 1. The summed E-state index contributed by atoms with van der Waals surface area (Å²) >= 11 is 1.28. The van der Waals surface area contributed by atoms with E-state index in [9.17, 15) is 9.59 Å². The van der Waals surface area contributed by atoms with Gasteiger partial charge in [-0.15, -0.1) is 0 Å². The molecule has 1 aliphatic heterocycles. The summed E-state index contributed by atoms with van der Waals surface area (Å²) in [5.74, 6) is 0.682. The van der Waals surface area contributed by atoms with Crippen LogP contribution >= 0.6 is 11.3 Å². The van der Waals surface area contributed by atoms with Crippen molar-refractivity contribution in [2.24, 2.45) is 4.99 Å². The predicted molar refractivity (Wildman–Crippen MR) is 140 cm³/mol. The topological polar surface area (TPSA) is 79.1 Å². The van der Waals surface area contributed by atoms with Crippen LogP contribution in [0.15, 0.2) is 63.5 Å². The first-order valence-corrected chi connectivity index (χ1v) is 12.7. The van der Waals surface area contributed by atoms with Crippen molar-refractivity contribution in [3.8, 4) is 11.5 Å². The molecule has 3 aromatic rings. The highest BCUT2D eigenvalue weighted by Crippen LogP contribution is 2.33. The Hall–Kier alpha value is -3.65. The first kappa shape index (κ1) is 25.4.